The summed E-state index contributed by atoms with van der Waals surface area (Å²) >= 11 is 6.19. The Hall–Kier alpha value is -1.88. The highest BCUT2D eigenvalue weighted by Crippen LogP contribution is 2.39. The van der Waals surface area contributed by atoms with Crippen molar-refractivity contribution in [3.8, 4) is 0 Å². The lowest BCUT2D eigenvalue weighted by Crippen LogP contribution is -2.51. The molecule has 2 aliphatic heterocycles. The number of likely N-dealkylation sites (N-methyl/N-ethyl adjacent to an activating group) is 1. The monoisotopic (exact) mass is 326 g/mol. The van der Waals surface area contributed by atoms with Gasteiger partial charge in [-0.2, -0.15) is 0 Å². The first kappa shape index (κ1) is 14.7. The number of halogens is 1. The van der Waals surface area contributed by atoms with E-state index in [2.05, 4.69) is 51.2 Å². The van der Waals surface area contributed by atoms with E-state index in [1.165, 1.54) is 0 Å². The first-order valence-electron chi connectivity index (χ1n) is 7.88. The number of anilines is 2. The second-order valence-corrected chi connectivity index (χ2v) is 6.46. The molecule has 0 spiro atoms. The third-order valence-electron chi connectivity index (χ3n) is 4.43. The van der Waals surface area contributed by atoms with Gasteiger partial charge in [0.05, 0.1) is 17.1 Å². The second-order valence-electron chi connectivity index (χ2n) is 6.02. The average molecular weight is 327 g/mol. The molecule has 1 saturated heterocycles. The number of fused-ring (bicyclic) bond motifs is 2. The van der Waals surface area contributed by atoms with Crippen molar-refractivity contribution >= 4 is 34.9 Å². The Balaban J connectivity index is 1.84. The third kappa shape index (κ3) is 2.74. The topological polar surface area (TPSA) is 22.1 Å². The summed E-state index contributed by atoms with van der Waals surface area (Å²) in [7, 11) is 2.17. The largest absolute Gasteiger partial charge is 0.304 e. The molecule has 4 nitrogen and oxygen atoms in total. The Bertz CT molecular complexity index is 750. The first-order chi connectivity index (χ1) is 11.2. The summed E-state index contributed by atoms with van der Waals surface area (Å²) in [6.07, 6.45) is 1.91. The van der Waals surface area contributed by atoms with E-state index in [4.69, 9.17) is 11.6 Å². The van der Waals surface area contributed by atoms with Crippen LogP contribution < -0.4 is 5.01 Å². The lowest BCUT2D eigenvalue weighted by molar-refractivity contribution is 0.155. The van der Waals surface area contributed by atoms with Crippen molar-refractivity contribution in [2.75, 3.05) is 38.2 Å². The van der Waals surface area contributed by atoms with Gasteiger partial charge in [0, 0.05) is 43.0 Å². The van der Waals surface area contributed by atoms with Gasteiger partial charge in [0.1, 0.15) is 0 Å². The third-order valence-corrected chi connectivity index (χ3v) is 4.67. The van der Waals surface area contributed by atoms with E-state index in [1.807, 2.05) is 24.4 Å². The molecule has 0 bridgehead atoms. The van der Waals surface area contributed by atoms with Crippen molar-refractivity contribution < 1.29 is 0 Å². The summed E-state index contributed by atoms with van der Waals surface area (Å²) in [4.78, 5) is 7.03. The molecule has 5 heteroatoms. The van der Waals surface area contributed by atoms with Gasteiger partial charge in [-0.25, -0.2) is 5.01 Å². The molecule has 2 aromatic rings. The van der Waals surface area contributed by atoms with Gasteiger partial charge in [-0.1, -0.05) is 23.7 Å². The molecule has 0 radical (unpaired) electrons. The van der Waals surface area contributed by atoms with Crippen molar-refractivity contribution in [1.29, 1.82) is 0 Å². The number of hydrazine groups is 1. The number of hydrogen-bond acceptors (Lipinski definition) is 4. The van der Waals surface area contributed by atoms with Crippen LogP contribution in [0, 0.1) is 0 Å². The number of aliphatic imine (C=N–C) groups is 1. The minimum atomic E-state index is 0.736. The van der Waals surface area contributed by atoms with Gasteiger partial charge < -0.3 is 4.90 Å². The molecule has 4 rings (SSSR count). The van der Waals surface area contributed by atoms with E-state index in [0.717, 1.165) is 53.8 Å². The number of hydrogen-bond donors (Lipinski definition) is 0. The highest BCUT2D eigenvalue weighted by molar-refractivity contribution is 6.31. The molecule has 23 heavy (non-hydrogen) atoms. The van der Waals surface area contributed by atoms with E-state index < -0.39 is 0 Å². The van der Waals surface area contributed by atoms with E-state index in [9.17, 15) is 0 Å². The maximum absolute atomic E-state index is 6.19. The number of piperazine rings is 1. The Morgan fingerprint density at radius 2 is 1.74 bits per heavy atom. The molecule has 0 N–H and O–H groups in total. The zero-order valence-corrected chi connectivity index (χ0v) is 13.9. The van der Waals surface area contributed by atoms with Crippen LogP contribution in [-0.2, 0) is 0 Å². The summed E-state index contributed by atoms with van der Waals surface area (Å²) in [5, 5.41) is 5.45. The Morgan fingerprint density at radius 3 is 2.57 bits per heavy atom. The van der Waals surface area contributed by atoms with Gasteiger partial charge in [-0.15, -0.1) is 0 Å². The van der Waals surface area contributed by atoms with E-state index in [1.54, 1.807) is 0 Å². The van der Waals surface area contributed by atoms with Crippen LogP contribution in [0.2, 0.25) is 5.02 Å². The predicted molar refractivity (Wildman–Crippen MR) is 96.4 cm³/mol. The molecule has 2 heterocycles. The van der Waals surface area contributed by atoms with Crippen molar-refractivity contribution in [3.05, 3.63) is 53.1 Å². The van der Waals surface area contributed by atoms with Crippen LogP contribution in [0.4, 0.5) is 17.1 Å². The Labute approximate surface area is 141 Å². The minimum absolute atomic E-state index is 0.736. The zero-order chi connectivity index (χ0) is 15.8. The summed E-state index contributed by atoms with van der Waals surface area (Å²) in [5.41, 5.74) is 4.29. The molecule has 0 atom stereocenters. The maximum Gasteiger partial charge on any atom is 0.0881 e. The smallest absolute Gasteiger partial charge is 0.0881 e. The fourth-order valence-electron chi connectivity index (χ4n) is 3.14. The summed E-state index contributed by atoms with van der Waals surface area (Å²) < 4.78 is 0. The SMILES string of the molecule is CN1CCN(N2c3ccc(Cl)cc3C=Nc3ccccc32)CC1. The van der Waals surface area contributed by atoms with Crippen molar-refractivity contribution in [3.63, 3.8) is 0 Å². The number of rotatable bonds is 1. The van der Waals surface area contributed by atoms with Gasteiger partial charge in [-0.3, -0.25) is 10.0 Å². The van der Waals surface area contributed by atoms with Gasteiger partial charge in [0.15, 0.2) is 0 Å². The zero-order valence-electron chi connectivity index (χ0n) is 13.1. The van der Waals surface area contributed by atoms with E-state index in [0.29, 0.717) is 0 Å². The molecule has 0 aliphatic carbocycles. The average Bonchev–Trinajstić information content (AvgIpc) is 2.72. The lowest BCUT2D eigenvalue weighted by Gasteiger charge is -2.41. The van der Waals surface area contributed by atoms with Crippen molar-refractivity contribution in [1.82, 2.24) is 9.91 Å². The molecule has 0 aromatic heterocycles. The number of para-hydroxylation sites is 2. The van der Waals surface area contributed by atoms with Gasteiger partial charge in [-0.05, 0) is 37.4 Å². The van der Waals surface area contributed by atoms with Crippen molar-refractivity contribution in [2.24, 2.45) is 4.99 Å². The van der Waals surface area contributed by atoms with Crippen LogP contribution in [-0.4, -0.2) is 49.4 Å². The maximum atomic E-state index is 6.19. The molecular weight excluding hydrogens is 308 g/mol. The molecule has 1 fully saturated rings. The second kappa shape index (κ2) is 5.96. The molecule has 0 amide bonds. The fourth-order valence-corrected chi connectivity index (χ4v) is 3.32. The first-order valence-corrected chi connectivity index (χ1v) is 8.26. The molecule has 0 unspecified atom stereocenters. The standard InChI is InChI=1S/C18H19ClN4/c1-21-8-10-22(11-9-21)23-17-7-6-15(19)12-14(17)13-20-16-4-2-3-5-18(16)23/h2-7,12-13H,8-11H2,1H3. The molecule has 2 aromatic carbocycles. The Kier molecular flexibility index (Phi) is 3.81. The summed E-state index contributed by atoms with van der Waals surface area (Å²) in [6.45, 7) is 4.10. The van der Waals surface area contributed by atoms with Gasteiger partial charge in [0.25, 0.3) is 0 Å². The number of benzene rings is 2. The fraction of sp³-hybridized carbons (Fsp3) is 0.278. The van der Waals surface area contributed by atoms with Gasteiger partial charge >= 0.3 is 0 Å². The Morgan fingerprint density at radius 1 is 0.957 bits per heavy atom. The molecular formula is C18H19ClN4. The van der Waals surface area contributed by atoms with Crippen LogP contribution in [0.3, 0.4) is 0 Å². The highest BCUT2D eigenvalue weighted by Gasteiger charge is 2.26. The van der Waals surface area contributed by atoms with Crippen LogP contribution in [0.1, 0.15) is 5.56 Å². The van der Waals surface area contributed by atoms with E-state index in [-0.39, 0.29) is 0 Å². The van der Waals surface area contributed by atoms with Crippen molar-refractivity contribution in [2.45, 2.75) is 0 Å². The summed E-state index contributed by atoms with van der Waals surface area (Å²) in [6, 6.07) is 14.3. The normalized spacial score (nSPS) is 18.4. The van der Waals surface area contributed by atoms with Crippen LogP contribution >= 0.6 is 11.6 Å². The highest BCUT2D eigenvalue weighted by atomic mass is 35.5. The quantitative estimate of drug-likeness (QED) is 0.797. The van der Waals surface area contributed by atoms with Crippen LogP contribution in [0.5, 0.6) is 0 Å². The predicted octanol–water partition coefficient (Wildman–Crippen LogP) is 3.70. The molecule has 0 saturated carbocycles. The van der Waals surface area contributed by atoms with Gasteiger partial charge in [0.2, 0.25) is 0 Å². The van der Waals surface area contributed by atoms with Crippen LogP contribution in [0.25, 0.3) is 0 Å². The minimum Gasteiger partial charge on any atom is -0.304 e. The van der Waals surface area contributed by atoms with E-state index >= 15 is 0 Å². The molecule has 118 valence electrons. The summed E-state index contributed by atoms with van der Waals surface area (Å²) in [5.74, 6) is 0. The lowest BCUT2D eigenvalue weighted by atomic mass is 10.1. The molecule has 2 aliphatic rings. The number of nitrogens with zero attached hydrogens (tertiary/aromatic N) is 4. The van der Waals surface area contributed by atoms with Crippen LogP contribution in [0.15, 0.2) is 47.5 Å².